The van der Waals surface area contributed by atoms with Crippen LogP contribution in [0.25, 0.3) is 0 Å². The van der Waals surface area contributed by atoms with Crippen LogP contribution in [0.2, 0.25) is 5.02 Å². The summed E-state index contributed by atoms with van der Waals surface area (Å²) in [4.78, 5) is 27.0. The molecule has 0 aliphatic heterocycles. The maximum Gasteiger partial charge on any atom is 0.261 e. The molecule has 5 nitrogen and oxygen atoms in total. The summed E-state index contributed by atoms with van der Waals surface area (Å²) in [5, 5.41) is 3.45. The fourth-order valence-electron chi connectivity index (χ4n) is 2.89. The highest BCUT2D eigenvalue weighted by Crippen LogP contribution is 2.17. The highest BCUT2D eigenvalue weighted by molar-refractivity contribution is 6.30. The number of benzene rings is 2. The fraction of sp³-hybridized carbons (Fsp3) is 0.391. The molecule has 2 aromatic carbocycles. The second-order valence-electron chi connectivity index (χ2n) is 6.89. The minimum atomic E-state index is -0.578. The number of halogens is 1. The molecule has 0 aliphatic rings. The first-order valence-corrected chi connectivity index (χ1v) is 10.4. The zero-order chi connectivity index (χ0) is 21.1. The normalized spacial score (nSPS) is 11.6. The number of amides is 2. The van der Waals surface area contributed by atoms with Gasteiger partial charge >= 0.3 is 0 Å². The molecule has 156 valence electrons. The highest BCUT2D eigenvalue weighted by Gasteiger charge is 2.25. The van der Waals surface area contributed by atoms with E-state index in [9.17, 15) is 9.59 Å². The largest absolute Gasteiger partial charge is 0.484 e. The number of carbonyl (C=O) groups excluding carboxylic acids is 2. The van der Waals surface area contributed by atoms with E-state index in [0.717, 1.165) is 18.4 Å². The minimum absolute atomic E-state index is 0.150. The van der Waals surface area contributed by atoms with E-state index in [2.05, 4.69) is 12.2 Å². The van der Waals surface area contributed by atoms with Crippen molar-refractivity contribution in [1.82, 2.24) is 10.2 Å². The Bertz CT molecular complexity index is 783. The molecule has 0 bridgehead atoms. The van der Waals surface area contributed by atoms with Gasteiger partial charge in [0.1, 0.15) is 11.8 Å². The molecule has 0 unspecified atom stereocenters. The quantitative estimate of drug-likeness (QED) is 0.561. The number of rotatable bonds is 11. The van der Waals surface area contributed by atoms with E-state index in [1.165, 1.54) is 0 Å². The lowest BCUT2D eigenvalue weighted by Crippen LogP contribution is -2.50. The summed E-state index contributed by atoms with van der Waals surface area (Å²) in [5.74, 6) is 0.135. The van der Waals surface area contributed by atoms with Crippen LogP contribution in [0.15, 0.2) is 54.6 Å². The number of ether oxygens (including phenoxy) is 1. The van der Waals surface area contributed by atoms with Crippen LogP contribution < -0.4 is 10.1 Å². The second kappa shape index (κ2) is 12.1. The number of nitrogens with one attached hydrogen (secondary N) is 1. The zero-order valence-corrected chi connectivity index (χ0v) is 17.8. The van der Waals surface area contributed by atoms with Crippen LogP contribution in [0.4, 0.5) is 0 Å². The Kier molecular flexibility index (Phi) is 9.51. The molecule has 0 heterocycles. The molecule has 0 saturated carbocycles. The minimum Gasteiger partial charge on any atom is -0.484 e. The predicted octanol–water partition coefficient (Wildman–Crippen LogP) is 4.09. The SMILES string of the molecule is CCCCNC(=O)[C@H](C)N(CCc1ccccc1)C(=O)COc1cccc(Cl)c1. The third-order valence-corrected chi connectivity index (χ3v) is 4.87. The molecule has 0 spiro atoms. The van der Waals surface area contributed by atoms with Gasteiger partial charge in [0.2, 0.25) is 5.91 Å². The molecule has 0 saturated heterocycles. The first-order valence-electron chi connectivity index (χ1n) is 10.0. The van der Waals surface area contributed by atoms with Crippen LogP contribution in [0.1, 0.15) is 32.3 Å². The van der Waals surface area contributed by atoms with E-state index in [4.69, 9.17) is 16.3 Å². The van der Waals surface area contributed by atoms with Crippen LogP contribution >= 0.6 is 11.6 Å². The van der Waals surface area contributed by atoms with Crippen molar-refractivity contribution in [2.45, 2.75) is 39.2 Å². The maximum atomic E-state index is 12.9. The number of hydrogen-bond acceptors (Lipinski definition) is 3. The van der Waals surface area contributed by atoms with Crippen LogP contribution in [0.5, 0.6) is 5.75 Å². The lowest BCUT2D eigenvalue weighted by atomic mass is 10.1. The molecular weight excluding hydrogens is 388 g/mol. The summed E-state index contributed by atoms with van der Waals surface area (Å²) in [7, 11) is 0. The molecule has 0 aromatic heterocycles. The van der Waals surface area contributed by atoms with Gasteiger partial charge in [-0.05, 0) is 43.5 Å². The molecule has 29 heavy (non-hydrogen) atoms. The smallest absolute Gasteiger partial charge is 0.261 e. The van der Waals surface area contributed by atoms with Gasteiger partial charge in [0, 0.05) is 18.1 Å². The average Bonchev–Trinajstić information content (AvgIpc) is 2.73. The van der Waals surface area contributed by atoms with Crippen LogP contribution in [0, 0.1) is 0 Å². The van der Waals surface area contributed by atoms with Crippen molar-refractivity contribution >= 4 is 23.4 Å². The molecular formula is C23H29ClN2O3. The van der Waals surface area contributed by atoms with Crippen LogP contribution in [0.3, 0.4) is 0 Å². The summed E-state index contributed by atoms with van der Waals surface area (Å²) >= 11 is 5.96. The summed E-state index contributed by atoms with van der Waals surface area (Å²) in [6.45, 7) is 4.72. The molecule has 1 atom stereocenters. The summed E-state index contributed by atoms with van der Waals surface area (Å²) < 4.78 is 5.60. The Morgan fingerprint density at radius 2 is 1.90 bits per heavy atom. The van der Waals surface area contributed by atoms with Gasteiger partial charge in [0.05, 0.1) is 0 Å². The molecule has 0 radical (unpaired) electrons. The summed E-state index contributed by atoms with van der Waals surface area (Å²) in [5.41, 5.74) is 1.11. The molecule has 0 fully saturated rings. The lowest BCUT2D eigenvalue weighted by Gasteiger charge is -2.28. The fourth-order valence-corrected chi connectivity index (χ4v) is 3.07. The second-order valence-corrected chi connectivity index (χ2v) is 7.33. The first-order chi connectivity index (χ1) is 14.0. The van der Waals surface area contributed by atoms with Crippen molar-refractivity contribution in [3.8, 4) is 5.75 Å². The zero-order valence-electron chi connectivity index (χ0n) is 17.1. The number of carbonyl (C=O) groups is 2. The Morgan fingerprint density at radius 1 is 1.14 bits per heavy atom. The molecule has 0 aliphatic carbocycles. The Labute approximate surface area is 178 Å². The van der Waals surface area contributed by atoms with Crippen molar-refractivity contribution in [2.24, 2.45) is 0 Å². The van der Waals surface area contributed by atoms with E-state index in [0.29, 0.717) is 30.3 Å². The highest BCUT2D eigenvalue weighted by atomic mass is 35.5. The number of hydrogen-bond donors (Lipinski definition) is 1. The van der Waals surface area contributed by atoms with Gasteiger partial charge in [-0.25, -0.2) is 0 Å². The van der Waals surface area contributed by atoms with Gasteiger partial charge < -0.3 is 15.0 Å². The summed E-state index contributed by atoms with van der Waals surface area (Å²) in [6, 6.07) is 16.2. The Morgan fingerprint density at radius 3 is 2.59 bits per heavy atom. The van der Waals surface area contributed by atoms with Gasteiger partial charge in [0.25, 0.3) is 5.91 Å². The van der Waals surface area contributed by atoms with Crippen molar-refractivity contribution < 1.29 is 14.3 Å². The third-order valence-electron chi connectivity index (χ3n) is 4.64. The van der Waals surface area contributed by atoms with E-state index in [1.54, 1.807) is 36.1 Å². The van der Waals surface area contributed by atoms with Gasteiger partial charge in [-0.1, -0.05) is 61.3 Å². The number of unbranched alkanes of at least 4 members (excludes halogenated alkanes) is 1. The first kappa shape index (κ1) is 22.8. The molecule has 6 heteroatoms. The summed E-state index contributed by atoms with van der Waals surface area (Å²) in [6.07, 6.45) is 2.57. The van der Waals surface area contributed by atoms with Crippen LogP contribution in [-0.2, 0) is 16.0 Å². The molecule has 2 aromatic rings. The predicted molar refractivity (Wildman–Crippen MR) is 116 cm³/mol. The van der Waals surface area contributed by atoms with Gasteiger partial charge in [-0.2, -0.15) is 0 Å². The maximum absolute atomic E-state index is 12.9. The standard InChI is InChI=1S/C23H29ClN2O3/c1-3-4-14-25-23(28)18(2)26(15-13-19-9-6-5-7-10-19)22(27)17-29-21-12-8-11-20(24)16-21/h5-12,16,18H,3-4,13-15,17H2,1-2H3,(H,25,28)/t18-/m0/s1. The van der Waals surface area contributed by atoms with Crippen molar-refractivity contribution in [2.75, 3.05) is 19.7 Å². The monoisotopic (exact) mass is 416 g/mol. The Balaban J connectivity index is 2.03. The topological polar surface area (TPSA) is 58.6 Å². The van der Waals surface area contributed by atoms with E-state index < -0.39 is 6.04 Å². The van der Waals surface area contributed by atoms with Gasteiger partial charge in [0.15, 0.2) is 6.61 Å². The molecule has 1 N–H and O–H groups in total. The molecule has 2 amide bonds. The number of nitrogens with zero attached hydrogens (tertiary/aromatic N) is 1. The Hall–Kier alpha value is -2.53. The molecule has 2 rings (SSSR count). The third kappa shape index (κ3) is 7.78. The van der Waals surface area contributed by atoms with Gasteiger partial charge in [-0.3, -0.25) is 9.59 Å². The van der Waals surface area contributed by atoms with E-state index in [-0.39, 0.29) is 18.4 Å². The van der Waals surface area contributed by atoms with Crippen molar-refractivity contribution in [3.63, 3.8) is 0 Å². The average molecular weight is 417 g/mol. The van der Waals surface area contributed by atoms with Gasteiger partial charge in [-0.15, -0.1) is 0 Å². The van der Waals surface area contributed by atoms with Crippen LogP contribution in [-0.4, -0.2) is 42.5 Å². The van der Waals surface area contributed by atoms with Crippen molar-refractivity contribution in [3.05, 3.63) is 65.2 Å². The van der Waals surface area contributed by atoms with E-state index >= 15 is 0 Å². The van der Waals surface area contributed by atoms with E-state index in [1.807, 2.05) is 30.3 Å². The van der Waals surface area contributed by atoms with Crippen molar-refractivity contribution in [1.29, 1.82) is 0 Å². The lowest BCUT2D eigenvalue weighted by molar-refractivity contribution is -0.141.